The van der Waals surface area contributed by atoms with Crippen LogP contribution in [0.5, 0.6) is 5.75 Å². The van der Waals surface area contributed by atoms with E-state index in [1.165, 1.54) is 18.5 Å². The summed E-state index contributed by atoms with van der Waals surface area (Å²) in [6.45, 7) is 0. The van der Waals surface area contributed by atoms with Gasteiger partial charge in [-0.3, -0.25) is 0 Å². The second kappa shape index (κ2) is 7.30. The van der Waals surface area contributed by atoms with Crippen LogP contribution in [0, 0.1) is 0 Å². The van der Waals surface area contributed by atoms with E-state index in [0.717, 1.165) is 17.8 Å². The predicted octanol–water partition coefficient (Wildman–Crippen LogP) is 4.99. The summed E-state index contributed by atoms with van der Waals surface area (Å²) in [5.74, 6) is 1.54. The number of anilines is 4. The molecular formula is C18H15F3N4O. The fraction of sp³-hybridized carbons (Fsp3) is 0.111. The molecule has 3 aromatic rings. The molecule has 134 valence electrons. The standard InChI is InChI=1S/C18H15F3N4O/c1-26-15-7-3-6-14(9-15)25-17-10-16(22-11-23-17)24-13-5-2-4-12(8-13)18(19,20)21/h2-11H,1H3,(H2,22,23,24,25). The monoisotopic (exact) mass is 360 g/mol. The maximum Gasteiger partial charge on any atom is 0.416 e. The molecule has 26 heavy (non-hydrogen) atoms. The van der Waals surface area contributed by atoms with Gasteiger partial charge in [0.05, 0.1) is 12.7 Å². The zero-order valence-corrected chi connectivity index (χ0v) is 13.7. The minimum atomic E-state index is -4.40. The Morgan fingerprint density at radius 1 is 0.846 bits per heavy atom. The van der Waals surface area contributed by atoms with Crippen molar-refractivity contribution in [1.82, 2.24) is 9.97 Å². The van der Waals surface area contributed by atoms with E-state index in [0.29, 0.717) is 17.4 Å². The molecule has 0 aliphatic carbocycles. The predicted molar refractivity (Wildman–Crippen MR) is 93.0 cm³/mol. The highest BCUT2D eigenvalue weighted by Gasteiger charge is 2.30. The molecule has 0 bridgehead atoms. The first kappa shape index (κ1) is 17.5. The molecule has 0 aliphatic rings. The molecule has 2 aromatic carbocycles. The van der Waals surface area contributed by atoms with Crippen LogP contribution in [-0.4, -0.2) is 17.1 Å². The van der Waals surface area contributed by atoms with Crippen LogP contribution in [0.2, 0.25) is 0 Å². The maximum atomic E-state index is 12.8. The lowest BCUT2D eigenvalue weighted by Crippen LogP contribution is -2.05. The van der Waals surface area contributed by atoms with Gasteiger partial charge in [0.2, 0.25) is 0 Å². The van der Waals surface area contributed by atoms with Crippen molar-refractivity contribution in [2.75, 3.05) is 17.7 Å². The molecule has 0 amide bonds. The van der Waals surface area contributed by atoms with Gasteiger partial charge >= 0.3 is 6.18 Å². The van der Waals surface area contributed by atoms with Crippen LogP contribution in [0.15, 0.2) is 60.9 Å². The number of nitrogens with one attached hydrogen (secondary N) is 2. The van der Waals surface area contributed by atoms with E-state index in [9.17, 15) is 13.2 Å². The average molecular weight is 360 g/mol. The minimum absolute atomic E-state index is 0.283. The fourth-order valence-corrected chi connectivity index (χ4v) is 2.26. The summed E-state index contributed by atoms with van der Waals surface area (Å²) in [6, 6.07) is 13.8. The van der Waals surface area contributed by atoms with E-state index in [2.05, 4.69) is 20.6 Å². The number of methoxy groups -OCH3 is 1. The van der Waals surface area contributed by atoms with E-state index in [1.807, 2.05) is 18.2 Å². The Labute approximate surface area is 147 Å². The highest BCUT2D eigenvalue weighted by molar-refractivity contribution is 5.64. The second-order valence-corrected chi connectivity index (χ2v) is 5.35. The first-order valence-corrected chi connectivity index (χ1v) is 7.61. The number of hydrogen-bond acceptors (Lipinski definition) is 5. The van der Waals surface area contributed by atoms with Gasteiger partial charge in [0.15, 0.2) is 0 Å². The van der Waals surface area contributed by atoms with Gasteiger partial charge in [-0.05, 0) is 30.3 Å². The number of aromatic nitrogens is 2. The Morgan fingerprint density at radius 2 is 1.46 bits per heavy atom. The van der Waals surface area contributed by atoms with Gasteiger partial charge < -0.3 is 15.4 Å². The lowest BCUT2D eigenvalue weighted by Gasteiger charge is -2.11. The van der Waals surface area contributed by atoms with Gasteiger partial charge in [0.1, 0.15) is 23.7 Å². The third kappa shape index (κ3) is 4.41. The zero-order valence-electron chi connectivity index (χ0n) is 13.7. The van der Waals surface area contributed by atoms with E-state index in [4.69, 9.17) is 4.74 Å². The molecule has 0 spiro atoms. The van der Waals surface area contributed by atoms with Crippen LogP contribution in [0.3, 0.4) is 0 Å². The van der Waals surface area contributed by atoms with Crippen molar-refractivity contribution in [1.29, 1.82) is 0 Å². The molecule has 0 aliphatic heterocycles. The Morgan fingerprint density at radius 3 is 2.08 bits per heavy atom. The zero-order chi connectivity index (χ0) is 18.6. The number of benzene rings is 2. The van der Waals surface area contributed by atoms with Crippen molar-refractivity contribution >= 4 is 23.0 Å². The molecule has 0 saturated carbocycles. The highest BCUT2D eigenvalue weighted by atomic mass is 19.4. The molecule has 5 nitrogen and oxygen atoms in total. The van der Waals surface area contributed by atoms with Crippen molar-refractivity contribution < 1.29 is 17.9 Å². The molecule has 8 heteroatoms. The lowest BCUT2D eigenvalue weighted by atomic mass is 10.2. The molecule has 2 N–H and O–H groups in total. The molecule has 0 saturated heterocycles. The van der Waals surface area contributed by atoms with Gasteiger partial charge in [-0.25, -0.2) is 9.97 Å². The molecule has 1 aromatic heterocycles. The number of hydrogen-bond donors (Lipinski definition) is 2. The number of ether oxygens (including phenoxy) is 1. The van der Waals surface area contributed by atoms with Gasteiger partial charge in [0, 0.05) is 23.5 Å². The van der Waals surface area contributed by atoms with Crippen LogP contribution < -0.4 is 15.4 Å². The van der Waals surface area contributed by atoms with Gasteiger partial charge in [0.25, 0.3) is 0 Å². The molecule has 3 rings (SSSR count). The van der Waals surface area contributed by atoms with Crippen molar-refractivity contribution in [2.24, 2.45) is 0 Å². The first-order chi connectivity index (χ1) is 12.4. The quantitative estimate of drug-likeness (QED) is 0.671. The molecule has 0 atom stereocenters. The highest BCUT2D eigenvalue weighted by Crippen LogP contribution is 2.31. The Hall–Kier alpha value is -3.29. The van der Waals surface area contributed by atoms with Gasteiger partial charge in [-0.1, -0.05) is 12.1 Å². The summed E-state index contributed by atoms with van der Waals surface area (Å²) < 4.78 is 43.6. The summed E-state index contributed by atoms with van der Waals surface area (Å²) in [4.78, 5) is 8.14. The van der Waals surface area contributed by atoms with E-state index in [-0.39, 0.29) is 5.69 Å². The third-order valence-electron chi connectivity index (χ3n) is 3.47. The minimum Gasteiger partial charge on any atom is -0.497 e. The summed E-state index contributed by atoms with van der Waals surface area (Å²) in [5, 5.41) is 5.94. The fourth-order valence-electron chi connectivity index (χ4n) is 2.26. The SMILES string of the molecule is COc1cccc(Nc2cc(Nc3cccc(C(F)(F)F)c3)ncn2)c1. The van der Waals surface area contributed by atoms with Crippen LogP contribution >= 0.6 is 0 Å². The van der Waals surface area contributed by atoms with Crippen molar-refractivity contribution in [3.8, 4) is 5.75 Å². The number of nitrogens with zero attached hydrogens (tertiary/aromatic N) is 2. The lowest BCUT2D eigenvalue weighted by molar-refractivity contribution is -0.137. The smallest absolute Gasteiger partial charge is 0.416 e. The van der Waals surface area contributed by atoms with Crippen LogP contribution in [0.25, 0.3) is 0 Å². The van der Waals surface area contributed by atoms with Gasteiger partial charge in [-0.15, -0.1) is 0 Å². The summed E-state index contributed by atoms with van der Waals surface area (Å²) in [5.41, 5.74) is 0.310. The van der Waals surface area contributed by atoms with Crippen molar-refractivity contribution in [3.05, 3.63) is 66.5 Å². The molecule has 1 heterocycles. The van der Waals surface area contributed by atoms with Crippen LogP contribution in [0.1, 0.15) is 5.56 Å². The van der Waals surface area contributed by atoms with Crippen molar-refractivity contribution in [3.63, 3.8) is 0 Å². The van der Waals surface area contributed by atoms with E-state index in [1.54, 1.807) is 19.2 Å². The number of halogens is 3. The Balaban J connectivity index is 1.77. The van der Waals surface area contributed by atoms with Crippen molar-refractivity contribution in [2.45, 2.75) is 6.18 Å². The Bertz CT molecular complexity index is 899. The summed E-state index contributed by atoms with van der Waals surface area (Å²) in [7, 11) is 1.57. The largest absolute Gasteiger partial charge is 0.497 e. The van der Waals surface area contributed by atoms with Gasteiger partial charge in [-0.2, -0.15) is 13.2 Å². The first-order valence-electron chi connectivity index (χ1n) is 7.61. The third-order valence-corrected chi connectivity index (χ3v) is 3.47. The normalized spacial score (nSPS) is 11.1. The Kier molecular flexibility index (Phi) is 4.92. The van der Waals surface area contributed by atoms with E-state index >= 15 is 0 Å². The maximum absolute atomic E-state index is 12.8. The molecule has 0 fully saturated rings. The average Bonchev–Trinajstić information content (AvgIpc) is 2.62. The van der Waals surface area contributed by atoms with Crippen LogP contribution in [-0.2, 0) is 6.18 Å². The van der Waals surface area contributed by atoms with Crippen LogP contribution in [0.4, 0.5) is 36.2 Å². The summed E-state index contributed by atoms with van der Waals surface area (Å²) >= 11 is 0. The molecule has 0 radical (unpaired) electrons. The number of alkyl halides is 3. The molecular weight excluding hydrogens is 345 g/mol. The second-order valence-electron chi connectivity index (χ2n) is 5.35. The topological polar surface area (TPSA) is 59.1 Å². The van der Waals surface area contributed by atoms with E-state index < -0.39 is 11.7 Å². The number of rotatable bonds is 5. The summed E-state index contributed by atoms with van der Waals surface area (Å²) in [6.07, 6.45) is -3.08. The molecule has 0 unspecified atom stereocenters.